The number of halogens is 3. The third kappa shape index (κ3) is 3.02. The molecule has 3 aromatic rings. The Kier molecular flexibility index (Phi) is 4.11. The average Bonchev–Trinajstić information content (AvgIpc) is 2.92. The summed E-state index contributed by atoms with van der Waals surface area (Å²) < 4.78 is 39.4. The molecular formula is C16H15F3N4O2. The Labute approximate surface area is 140 Å². The van der Waals surface area contributed by atoms with Gasteiger partial charge in [0.2, 0.25) is 0 Å². The van der Waals surface area contributed by atoms with Gasteiger partial charge in [0, 0.05) is 5.92 Å². The maximum atomic E-state index is 12.7. The molecule has 0 saturated carbocycles. The molecule has 0 saturated heterocycles. The van der Waals surface area contributed by atoms with Crippen molar-refractivity contribution in [1.29, 1.82) is 0 Å². The summed E-state index contributed by atoms with van der Waals surface area (Å²) in [6, 6.07) is 4.74. The van der Waals surface area contributed by atoms with Crippen LogP contribution in [0.25, 0.3) is 5.52 Å². The molecule has 0 aliphatic rings. The summed E-state index contributed by atoms with van der Waals surface area (Å²) >= 11 is 0. The lowest BCUT2D eigenvalue weighted by molar-refractivity contribution is -0.137. The zero-order chi connectivity index (χ0) is 18.4. The molecule has 6 nitrogen and oxygen atoms in total. The summed E-state index contributed by atoms with van der Waals surface area (Å²) in [5, 5.41) is 13.7. The van der Waals surface area contributed by atoms with Crippen LogP contribution in [0.4, 0.5) is 13.2 Å². The van der Waals surface area contributed by atoms with Gasteiger partial charge in [-0.25, -0.2) is 9.50 Å². The van der Waals surface area contributed by atoms with Crippen LogP contribution in [-0.2, 0) is 12.8 Å². The molecule has 0 radical (unpaired) electrons. The van der Waals surface area contributed by atoms with Crippen LogP contribution in [0.15, 0.2) is 29.1 Å². The molecule has 3 rings (SSSR count). The second-order valence-corrected chi connectivity index (χ2v) is 5.72. The maximum Gasteiger partial charge on any atom is 0.416 e. The number of imidazole rings is 1. The first-order valence-electron chi connectivity index (χ1n) is 7.48. The first kappa shape index (κ1) is 17.2. The Balaban J connectivity index is 2.11. The van der Waals surface area contributed by atoms with E-state index in [0.717, 1.165) is 12.1 Å². The second-order valence-electron chi connectivity index (χ2n) is 5.72. The van der Waals surface area contributed by atoms with Gasteiger partial charge in [0.1, 0.15) is 11.6 Å². The number of hydrogen-bond acceptors (Lipinski definition) is 4. The molecule has 0 amide bonds. The molecule has 9 heteroatoms. The number of aliphatic hydroxyl groups excluding tert-OH is 1. The van der Waals surface area contributed by atoms with Gasteiger partial charge in [-0.1, -0.05) is 19.1 Å². The number of nitrogens with zero attached hydrogens (tertiary/aromatic N) is 3. The van der Waals surface area contributed by atoms with E-state index in [-0.39, 0.29) is 11.2 Å². The summed E-state index contributed by atoms with van der Waals surface area (Å²) in [4.78, 5) is 18.9. The first-order chi connectivity index (χ1) is 11.7. The summed E-state index contributed by atoms with van der Waals surface area (Å²) in [7, 11) is 0. The van der Waals surface area contributed by atoms with E-state index >= 15 is 0 Å². The number of alkyl halides is 3. The van der Waals surface area contributed by atoms with Crippen LogP contribution in [0.1, 0.15) is 41.3 Å². The van der Waals surface area contributed by atoms with E-state index in [1.54, 1.807) is 13.8 Å². The number of rotatable bonds is 3. The SMILES string of the molecule is Cc1nn2c(C(C)c3ccc(C(F)(F)F)cc3)nc(CO)c2c(=O)[nH]1. The molecule has 0 aliphatic carbocycles. The minimum atomic E-state index is -4.40. The van der Waals surface area contributed by atoms with E-state index in [1.807, 2.05) is 0 Å². The first-order valence-corrected chi connectivity index (χ1v) is 7.48. The summed E-state index contributed by atoms with van der Waals surface area (Å²) in [5.74, 6) is 0.303. The van der Waals surface area contributed by atoms with Gasteiger partial charge < -0.3 is 10.1 Å². The van der Waals surface area contributed by atoms with Crippen molar-refractivity contribution in [3.05, 3.63) is 63.1 Å². The van der Waals surface area contributed by atoms with Gasteiger partial charge in [-0.2, -0.15) is 18.3 Å². The standard InChI is InChI=1S/C16H15F3N4O2/c1-8(10-3-5-11(6-4-10)16(17,18)19)14-21-12(7-24)13-15(25)20-9(2)22-23(13)14/h3-6,8,24H,7H2,1-2H3,(H,20,22,25). The number of H-pyrrole nitrogens is 1. The van der Waals surface area contributed by atoms with Crippen LogP contribution in [0.3, 0.4) is 0 Å². The monoisotopic (exact) mass is 352 g/mol. The quantitative estimate of drug-likeness (QED) is 0.758. The minimum absolute atomic E-state index is 0.127. The van der Waals surface area contributed by atoms with E-state index < -0.39 is 29.8 Å². The van der Waals surface area contributed by atoms with Gasteiger partial charge in [0.25, 0.3) is 5.56 Å². The van der Waals surface area contributed by atoms with Crippen molar-refractivity contribution in [2.45, 2.75) is 32.5 Å². The van der Waals surface area contributed by atoms with Gasteiger partial charge in [0.15, 0.2) is 5.52 Å². The molecule has 2 aromatic heterocycles. The highest BCUT2D eigenvalue weighted by atomic mass is 19.4. The second kappa shape index (κ2) is 5.99. The van der Waals surface area contributed by atoms with Crippen molar-refractivity contribution >= 4 is 5.52 Å². The van der Waals surface area contributed by atoms with Crippen LogP contribution in [0, 0.1) is 6.92 Å². The predicted molar refractivity (Wildman–Crippen MR) is 83.2 cm³/mol. The molecule has 1 atom stereocenters. The molecule has 2 N–H and O–H groups in total. The van der Waals surface area contributed by atoms with Gasteiger partial charge in [-0.15, -0.1) is 0 Å². The lowest BCUT2D eigenvalue weighted by Crippen LogP contribution is -2.16. The molecule has 0 bridgehead atoms. The van der Waals surface area contributed by atoms with Crippen molar-refractivity contribution in [2.75, 3.05) is 0 Å². The van der Waals surface area contributed by atoms with Crippen molar-refractivity contribution < 1.29 is 18.3 Å². The van der Waals surface area contributed by atoms with E-state index in [9.17, 15) is 23.1 Å². The van der Waals surface area contributed by atoms with Crippen molar-refractivity contribution in [3.63, 3.8) is 0 Å². The van der Waals surface area contributed by atoms with Crippen LogP contribution in [-0.4, -0.2) is 24.7 Å². The van der Waals surface area contributed by atoms with Crippen LogP contribution >= 0.6 is 0 Å². The third-order valence-electron chi connectivity index (χ3n) is 3.99. The lowest BCUT2D eigenvalue weighted by Gasteiger charge is -2.12. The Morgan fingerprint density at radius 3 is 2.48 bits per heavy atom. The zero-order valence-corrected chi connectivity index (χ0v) is 13.4. The minimum Gasteiger partial charge on any atom is -0.390 e. The number of hydrogen-bond donors (Lipinski definition) is 2. The van der Waals surface area contributed by atoms with E-state index in [0.29, 0.717) is 17.2 Å². The molecule has 2 heterocycles. The zero-order valence-electron chi connectivity index (χ0n) is 13.4. The van der Waals surface area contributed by atoms with E-state index in [4.69, 9.17) is 0 Å². The normalized spacial score (nSPS) is 13.4. The highest BCUT2D eigenvalue weighted by Gasteiger charge is 2.30. The fraction of sp³-hybridized carbons (Fsp3) is 0.312. The Hall–Kier alpha value is -2.68. The number of aryl methyl sites for hydroxylation is 1. The predicted octanol–water partition coefficient (Wildman–Crippen LogP) is 2.39. The third-order valence-corrected chi connectivity index (χ3v) is 3.99. The molecule has 25 heavy (non-hydrogen) atoms. The molecular weight excluding hydrogens is 337 g/mol. The average molecular weight is 352 g/mol. The largest absolute Gasteiger partial charge is 0.416 e. The summed E-state index contributed by atoms with van der Waals surface area (Å²) in [6.07, 6.45) is -4.40. The smallest absolute Gasteiger partial charge is 0.390 e. The fourth-order valence-electron chi connectivity index (χ4n) is 2.70. The number of benzene rings is 1. The number of nitrogens with one attached hydrogen (secondary N) is 1. The Morgan fingerprint density at radius 1 is 1.28 bits per heavy atom. The van der Waals surface area contributed by atoms with Crippen LogP contribution in [0.2, 0.25) is 0 Å². The molecule has 1 unspecified atom stereocenters. The van der Waals surface area contributed by atoms with Crippen molar-refractivity contribution in [2.24, 2.45) is 0 Å². The molecule has 0 aliphatic heterocycles. The topological polar surface area (TPSA) is 83.3 Å². The molecule has 0 spiro atoms. The molecule has 132 valence electrons. The van der Waals surface area contributed by atoms with Crippen LogP contribution < -0.4 is 5.56 Å². The molecule has 1 aromatic carbocycles. The van der Waals surface area contributed by atoms with Gasteiger partial charge >= 0.3 is 6.18 Å². The van der Waals surface area contributed by atoms with Crippen molar-refractivity contribution in [1.82, 2.24) is 19.6 Å². The van der Waals surface area contributed by atoms with Gasteiger partial charge in [-0.05, 0) is 24.6 Å². The van der Waals surface area contributed by atoms with E-state index in [2.05, 4.69) is 15.1 Å². The number of aliphatic hydroxyl groups is 1. The summed E-state index contributed by atoms with van der Waals surface area (Å²) in [6.45, 7) is 2.90. The van der Waals surface area contributed by atoms with Gasteiger partial charge in [-0.3, -0.25) is 4.79 Å². The Morgan fingerprint density at radius 2 is 1.92 bits per heavy atom. The van der Waals surface area contributed by atoms with E-state index in [1.165, 1.54) is 16.6 Å². The Bertz CT molecular complexity index is 974. The highest BCUT2D eigenvalue weighted by Crippen LogP contribution is 2.31. The fourth-order valence-corrected chi connectivity index (χ4v) is 2.70. The van der Waals surface area contributed by atoms with Gasteiger partial charge in [0.05, 0.1) is 17.9 Å². The number of fused-ring (bicyclic) bond motifs is 1. The summed E-state index contributed by atoms with van der Waals surface area (Å²) in [5.41, 5.74) is -0.290. The lowest BCUT2D eigenvalue weighted by atomic mass is 9.99. The molecule has 0 fully saturated rings. The van der Waals surface area contributed by atoms with Crippen LogP contribution in [0.5, 0.6) is 0 Å². The maximum absolute atomic E-state index is 12.7. The number of aromatic nitrogens is 4. The number of aromatic amines is 1. The highest BCUT2D eigenvalue weighted by molar-refractivity contribution is 5.51. The van der Waals surface area contributed by atoms with Crippen molar-refractivity contribution in [3.8, 4) is 0 Å².